The molecule has 1 heterocycles. The van der Waals surface area contributed by atoms with E-state index in [9.17, 15) is 10.2 Å². The van der Waals surface area contributed by atoms with Crippen molar-refractivity contribution in [1.29, 1.82) is 0 Å². The minimum Gasteiger partial charge on any atom is -0.493 e. The molecule has 4 nitrogen and oxygen atoms in total. The fourth-order valence-electron chi connectivity index (χ4n) is 1.13. The van der Waals surface area contributed by atoms with Gasteiger partial charge in [-0.2, -0.15) is 4.68 Å². The van der Waals surface area contributed by atoms with Crippen molar-refractivity contribution in [2.24, 2.45) is 0 Å². The van der Waals surface area contributed by atoms with Crippen LogP contribution in [0.4, 0.5) is 0 Å². The molecule has 0 bridgehead atoms. The van der Waals surface area contributed by atoms with Gasteiger partial charge in [0.25, 0.3) is 0 Å². The van der Waals surface area contributed by atoms with Gasteiger partial charge in [0.2, 0.25) is 11.8 Å². The van der Waals surface area contributed by atoms with Crippen LogP contribution in [-0.4, -0.2) is 20.9 Å². The third-order valence-electron chi connectivity index (χ3n) is 2.03. The fourth-order valence-corrected chi connectivity index (χ4v) is 1.13. The zero-order valence-electron chi connectivity index (χ0n) is 6.91. The summed E-state index contributed by atoms with van der Waals surface area (Å²) in [5, 5.41) is 18.8. The number of aromatic hydroxyl groups is 2. The summed E-state index contributed by atoms with van der Waals surface area (Å²) in [6.07, 6.45) is 2.21. The third-order valence-corrected chi connectivity index (χ3v) is 2.03. The molecule has 12 heavy (non-hydrogen) atoms. The average molecular weight is 168 g/mol. The lowest BCUT2D eigenvalue weighted by molar-refractivity contribution is 0.386. The van der Waals surface area contributed by atoms with E-state index >= 15 is 0 Å². The summed E-state index contributed by atoms with van der Waals surface area (Å²) < 4.78 is 1.33. The van der Waals surface area contributed by atoms with Crippen LogP contribution in [0.5, 0.6) is 11.8 Å². The lowest BCUT2D eigenvalue weighted by Gasteiger charge is -2.08. The van der Waals surface area contributed by atoms with E-state index in [4.69, 9.17) is 0 Å². The predicted molar refractivity (Wildman–Crippen MR) is 44.9 cm³/mol. The summed E-state index contributed by atoms with van der Waals surface area (Å²) in [4.78, 5) is 0. The second kappa shape index (κ2) is 2.33. The summed E-state index contributed by atoms with van der Waals surface area (Å²) >= 11 is 0. The van der Waals surface area contributed by atoms with E-state index in [2.05, 4.69) is 5.43 Å². The molecular weight excluding hydrogens is 156 g/mol. The van der Waals surface area contributed by atoms with Gasteiger partial charge in [0.05, 0.1) is 0 Å². The molecular formula is C8H12N2O2. The quantitative estimate of drug-likeness (QED) is 0.615. The second-order valence-electron chi connectivity index (χ2n) is 3.25. The Bertz CT molecular complexity index is 302. The first-order valence-corrected chi connectivity index (χ1v) is 4.05. The highest BCUT2D eigenvalue weighted by atomic mass is 16.3. The number of rotatable bonds is 2. The van der Waals surface area contributed by atoms with Crippen molar-refractivity contribution in [3.05, 3.63) is 11.6 Å². The molecule has 0 atom stereocenters. The maximum absolute atomic E-state index is 9.44. The van der Waals surface area contributed by atoms with Crippen LogP contribution in [0, 0.1) is 6.92 Å². The molecule has 1 fully saturated rings. The first-order chi connectivity index (χ1) is 5.68. The highest BCUT2D eigenvalue weighted by molar-refractivity contribution is 5.35. The van der Waals surface area contributed by atoms with E-state index in [1.165, 1.54) is 10.7 Å². The largest absolute Gasteiger partial charge is 0.493 e. The van der Waals surface area contributed by atoms with E-state index in [0.717, 1.165) is 12.8 Å². The van der Waals surface area contributed by atoms with E-state index < -0.39 is 0 Å². The number of hydrogen-bond acceptors (Lipinski definition) is 3. The smallest absolute Gasteiger partial charge is 0.216 e. The van der Waals surface area contributed by atoms with Crippen molar-refractivity contribution in [3.63, 3.8) is 0 Å². The second-order valence-corrected chi connectivity index (χ2v) is 3.25. The Morgan fingerprint density at radius 1 is 1.50 bits per heavy atom. The molecule has 4 heteroatoms. The van der Waals surface area contributed by atoms with Gasteiger partial charge < -0.3 is 15.6 Å². The lowest BCUT2D eigenvalue weighted by atomic mass is 10.4. The van der Waals surface area contributed by atoms with Crippen molar-refractivity contribution in [3.8, 4) is 11.8 Å². The van der Waals surface area contributed by atoms with Crippen molar-refractivity contribution in [1.82, 2.24) is 4.68 Å². The Balaban J connectivity index is 2.26. The van der Waals surface area contributed by atoms with Crippen LogP contribution in [0.15, 0.2) is 6.07 Å². The minimum absolute atomic E-state index is 0.0666. The van der Waals surface area contributed by atoms with Gasteiger partial charge >= 0.3 is 0 Å². The topological polar surface area (TPSA) is 57.4 Å². The molecule has 66 valence electrons. The number of hydrogen-bond donors (Lipinski definition) is 3. The van der Waals surface area contributed by atoms with Gasteiger partial charge in [0.1, 0.15) is 0 Å². The molecule has 0 radical (unpaired) electrons. The number of nitrogens with zero attached hydrogens (tertiary/aromatic N) is 1. The Labute approximate surface area is 70.4 Å². The predicted octanol–water partition coefficient (Wildman–Crippen LogP) is 0.914. The molecule has 2 rings (SSSR count). The Morgan fingerprint density at radius 3 is 2.58 bits per heavy atom. The van der Waals surface area contributed by atoms with E-state index in [-0.39, 0.29) is 11.8 Å². The SMILES string of the molecule is Cc1cc(O)n(NC2CC2)c1O. The molecule has 0 aromatic carbocycles. The summed E-state index contributed by atoms with van der Waals surface area (Å²) in [5.74, 6) is 0.163. The summed E-state index contributed by atoms with van der Waals surface area (Å²) in [6.45, 7) is 1.75. The van der Waals surface area contributed by atoms with Gasteiger partial charge in [0.15, 0.2) is 0 Å². The van der Waals surface area contributed by atoms with Gasteiger partial charge in [-0.1, -0.05) is 0 Å². The number of aryl methyl sites for hydroxylation is 1. The van der Waals surface area contributed by atoms with Crippen molar-refractivity contribution in [2.45, 2.75) is 25.8 Å². The fraction of sp³-hybridized carbons (Fsp3) is 0.500. The summed E-state index contributed by atoms with van der Waals surface area (Å²) in [7, 11) is 0. The van der Waals surface area contributed by atoms with Crippen molar-refractivity contribution in [2.75, 3.05) is 5.43 Å². The first kappa shape index (κ1) is 7.34. The van der Waals surface area contributed by atoms with Gasteiger partial charge in [-0.15, -0.1) is 0 Å². The van der Waals surface area contributed by atoms with E-state index in [1.807, 2.05) is 0 Å². The Hall–Kier alpha value is -1.32. The number of aromatic nitrogens is 1. The maximum atomic E-state index is 9.44. The van der Waals surface area contributed by atoms with Crippen LogP contribution in [0.1, 0.15) is 18.4 Å². The maximum Gasteiger partial charge on any atom is 0.216 e. The zero-order valence-corrected chi connectivity index (χ0v) is 6.91. The molecule has 1 aliphatic rings. The molecule has 1 aromatic heterocycles. The molecule has 0 aliphatic heterocycles. The summed E-state index contributed by atoms with van der Waals surface area (Å²) in [6, 6.07) is 1.94. The normalized spacial score (nSPS) is 16.4. The van der Waals surface area contributed by atoms with E-state index in [0.29, 0.717) is 11.6 Å². The van der Waals surface area contributed by atoms with Crippen LogP contribution in [-0.2, 0) is 0 Å². The molecule has 1 saturated carbocycles. The van der Waals surface area contributed by atoms with E-state index in [1.54, 1.807) is 6.92 Å². The zero-order chi connectivity index (χ0) is 8.72. The first-order valence-electron chi connectivity index (χ1n) is 4.05. The van der Waals surface area contributed by atoms with Crippen LogP contribution < -0.4 is 5.43 Å². The molecule has 0 saturated heterocycles. The van der Waals surface area contributed by atoms with Gasteiger partial charge in [-0.3, -0.25) is 0 Å². The molecule has 3 N–H and O–H groups in total. The van der Waals surface area contributed by atoms with Gasteiger partial charge in [-0.25, -0.2) is 0 Å². The van der Waals surface area contributed by atoms with Crippen molar-refractivity contribution < 1.29 is 10.2 Å². The molecule has 0 unspecified atom stereocenters. The molecule has 0 amide bonds. The van der Waals surface area contributed by atoms with Crippen molar-refractivity contribution >= 4 is 0 Å². The standard InChI is InChI=1S/C8H12N2O2/c1-5-4-7(11)10(8(5)12)9-6-2-3-6/h4,6,9,11-12H,2-3H2,1H3. The Kier molecular flexibility index (Phi) is 1.43. The Morgan fingerprint density at radius 2 is 2.17 bits per heavy atom. The third kappa shape index (κ3) is 1.09. The van der Waals surface area contributed by atoms with Gasteiger partial charge in [0, 0.05) is 17.7 Å². The monoisotopic (exact) mass is 168 g/mol. The molecule has 1 aromatic rings. The molecule has 0 spiro atoms. The van der Waals surface area contributed by atoms with Crippen LogP contribution >= 0.6 is 0 Å². The summed E-state index contributed by atoms with van der Waals surface area (Å²) in [5.41, 5.74) is 3.67. The highest BCUT2D eigenvalue weighted by Crippen LogP contribution is 2.28. The highest BCUT2D eigenvalue weighted by Gasteiger charge is 2.23. The average Bonchev–Trinajstić information content (AvgIpc) is 2.77. The number of nitrogens with one attached hydrogen (secondary N) is 1. The molecule has 1 aliphatic carbocycles. The minimum atomic E-state index is 0.0666. The lowest BCUT2D eigenvalue weighted by Crippen LogP contribution is -2.15. The van der Waals surface area contributed by atoms with Gasteiger partial charge in [-0.05, 0) is 19.8 Å². The van der Waals surface area contributed by atoms with Crippen LogP contribution in [0.25, 0.3) is 0 Å². The van der Waals surface area contributed by atoms with Crippen LogP contribution in [0.2, 0.25) is 0 Å². The van der Waals surface area contributed by atoms with Crippen LogP contribution in [0.3, 0.4) is 0 Å².